The molecule has 1 fully saturated rings. The van der Waals surface area contributed by atoms with Crippen molar-refractivity contribution in [1.29, 1.82) is 5.26 Å². The van der Waals surface area contributed by atoms with Crippen molar-refractivity contribution in [2.24, 2.45) is 5.41 Å². The molecule has 3 atom stereocenters. The largest absolute Gasteiger partial charge is 0.394 e. The van der Waals surface area contributed by atoms with Crippen LogP contribution in [-0.4, -0.2) is 51.3 Å². The SMILES string of the molecule is CC(C)(C#N)[C@H]1CC[C@@H](c2cccc(Cl)c2)N1C(=O)C(CO)N1C(=O)c2ccccc2C1=O. The van der Waals surface area contributed by atoms with E-state index in [9.17, 15) is 24.8 Å². The molecule has 2 aliphatic heterocycles. The lowest BCUT2D eigenvalue weighted by atomic mass is 9.84. The molecular formula is C25H24ClN3O4. The Balaban J connectivity index is 1.75. The minimum Gasteiger partial charge on any atom is -0.394 e. The van der Waals surface area contributed by atoms with Crippen LogP contribution in [0.1, 0.15) is 59.0 Å². The maximum atomic E-state index is 13.9. The second-order valence-electron chi connectivity index (χ2n) is 8.97. The van der Waals surface area contributed by atoms with Crippen molar-refractivity contribution >= 4 is 29.3 Å². The van der Waals surface area contributed by atoms with Gasteiger partial charge in [0.2, 0.25) is 5.91 Å². The van der Waals surface area contributed by atoms with Crippen LogP contribution in [0, 0.1) is 16.7 Å². The summed E-state index contributed by atoms with van der Waals surface area (Å²) in [6.45, 7) is 2.80. The van der Waals surface area contributed by atoms with Gasteiger partial charge >= 0.3 is 0 Å². The van der Waals surface area contributed by atoms with Crippen molar-refractivity contribution in [2.75, 3.05) is 6.61 Å². The molecule has 1 N–H and O–H groups in total. The van der Waals surface area contributed by atoms with E-state index >= 15 is 0 Å². The van der Waals surface area contributed by atoms with Crippen LogP contribution < -0.4 is 0 Å². The summed E-state index contributed by atoms with van der Waals surface area (Å²) in [6.07, 6.45) is 1.14. The minimum absolute atomic E-state index is 0.204. The number of carbonyl (C=O) groups excluding carboxylic acids is 3. The van der Waals surface area contributed by atoms with E-state index in [1.807, 2.05) is 6.07 Å². The van der Waals surface area contributed by atoms with Crippen molar-refractivity contribution in [3.63, 3.8) is 0 Å². The van der Waals surface area contributed by atoms with Gasteiger partial charge in [-0.25, -0.2) is 0 Å². The van der Waals surface area contributed by atoms with Gasteiger partial charge in [0.25, 0.3) is 11.8 Å². The molecule has 0 spiro atoms. The molecule has 2 heterocycles. The van der Waals surface area contributed by atoms with Gasteiger partial charge in [-0.3, -0.25) is 19.3 Å². The zero-order valence-electron chi connectivity index (χ0n) is 18.4. The fraction of sp³-hybridized carbons (Fsp3) is 0.360. The lowest BCUT2D eigenvalue weighted by Crippen LogP contribution is -2.56. The molecule has 2 aliphatic rings. The van der Waals surface area contributed by atoms with Crippen LogP contribution >= 0.6 is 11.6 Å². The van der Waals surface area contributed by atoms with Gasteiger partial charge in [-0.1, -0.05) is 35.9 Å². The fourth-order valence-corrected chi connectivity index (χ4v) is 5.07. The fourth-order valence-electron chi connectivity index (χ4n) is 4.88. The highest BCUT2D eigenvalue weighted by atomic mass is 35.5. The molecule has 0 aliphatic carbocycles. The van der Waals surface area contributed by atoms with Crippen LogP contribution in [0.3, 0.4) is 0 Å². The summed E-state index contributed by atoms with van der Waals surface area (Å²) in [5.74, 6) is -1.79. The van der Waals surface area contributed by atoms with Crippen LogP contribution in [0.15, 0.2) is 48.5 Å². The normalized spacial score (nSPS) is 21.2. The molecule has 3 amide bonds. The molecule has 1 unspecified atom stereocenters. The molecule has 0 aromatic heterocycles. The highest BCUT2D eigenvalue weighted by Gasteiger charge is 2.50. The molecule has 2 aromatic rings. The van der Waals surface area contributed by atoms with E-state index in [0.29, 0.717) is 17.9 Å². The molecule has 2 aromatic carbocycles. The van der Waals surface area contributed by atoms with E-state index in [1.54, 1.807) is 49.1 Å². The van der Waals surface area contributed by atoms with Crippen molar-refractivity contribution in [2.45, 2.75) is 44.8 Å². The van der Waals surface area contributed by atoms with Crippen LogP contribution in [0.5, 0.6) is 0 Å². The van der Waals surface area contributed by atoms with Crippen LogP contribution in [0.25, 0.3) is 0 Å². The quantitative estimate of drug-likeness (QED) is 0.680. The maximum absolute atomic E-state index is 13.9. The van der Waals surface area contributed by atoms with Crippen molar-refractivity contribution in [1.82, 2.24) is 9.80 Å². The molecule has 0 bridgehead atoms. The Hall–Kier alpha value is -3.21. The summed E-state index contributed by atoms with van der Waals surface area (Å²) in [5, 5.41) is 20.5. The Morgan fingerprint density at radius 3 is 2.33 bits per heavy atom. The predicted octanol–water partition coefficient (Wildman–Crippen LogP) is 3.58. The first kappa shape index (κ1) is 23.0. The summed E-state index contributed by atoms with van der Waals surface area (Å²) in [5.41, 5.74) is 0.322. The average Bonchev–Trinajstić information content (AvgIpc) is 3.36. The van der Waals surface area contributed by atoms with Crippen LogP contribution in [0.2, 0.25) is 5.02 Å². The lowest BCUT2D eigenvalue weighted by molar-refractivity contribution is -0.141. The Morgan fingerprint density at radius 2 is 1.79 bits per heavy atom. The van der Waals surface area contributed by atoms with Crippen molar-refractivity contribution in [3.05, 3.63) is 70.2 Å². The lowest BCUT2D eigenvalue weighted by Gasteiger charge is -2.39. The highest BCUT2D eigenvalue weighted by molar-refractivity contribution is 6.30. The Labute approximate surface area is 197 Å². The third-order valence-corrected chi connectivity index (χ3v) is 6.82. The van der Waals surface area contributed by atoms with E-state index in [0.717, 1.165) is 10.5 Å². The predicted molar refractivity (Wildman–Crippen MR) is 121 cm³/mol. The number of nitriles is 1. The second kappa shape index (κ2) is 8.62. The number of rotatable bonds is 5. The summed E-state index contributed by atoms with van der Waals surface area (Å²) in [7, 11) is 0. The molecule has 4 rings (SSSR count). The van der Waals surface area contributed by atoms with Crippen LogP contribution in [0.4, 0.5) is 0 Å². The summed E-state index contributed by atoms with van der Waals surface area (Å²) < 4.78 is 0. The van der Waals surface area contributed by atoms with Gasteiger partial charge < -0.3 is 10.0 Å². The molecule has 33 heavy (non-hydrogen) atoms. The van der Waals surface area contributed by atoms with Gasteiger partial charge in [-0.15, -0.1) is 0 Å². The summed E-state index contributed by atoms with van der Waals surface area (Å²) in [4.78, 5) is 42.4. The molecule has 170 valence electrons. The molecule has 0 saturated carbocycles. The zero-order valence-corrected chi connectivity index (χ0v) is 19.1. The number of carbonyl (C=O) groups is 3. The zero-order chi connectivity index (χ0) is 23.9. The third-order valence-electron chi connectivity index (χ3n) is 6.59. The Kier molecular flexibility index (Phi) is 6.00. The number of benzene rings is 2. The van der Waals surface area contributed by atoms with E-state index in [2.05, 4.69) is 6.07 Å². The van der Waals surface area contributed by atoms with Gasteiger partial charge in [0, 0.05) is 5.02 Å². The minimum atomic E-state index is -1.39. The summed E-state index contributed by atoms with van der Waals surface area (Å²) in [6, 6.07) is 13.5. The summed E-state index contributed by atoms with van der Waals surface area (Å²) >= 11 is 6.19. The second-order valence-corrected chi connectivity index (χ2v) is 9.40. The maximum Gasteiger partial charge on any atom is 0.262 e. The van der Waals surface area contributed by atoms with E-state index in [-0.39, 0.29) is 11.1 Å². The Bertz CT molecular complexity index is 1140. The van der Waals surface area contributed by atoms with E-state index in [4.69, 9.17) is 11.6 Å². The smallest absolute Gasteiger partial charge is 0.262 e. The molecule has 0 radical (unpaired) electrons. The average molecular weight is 466 g/mol. The first-order valence-corrected chi connectivity index (χ1v) is 11.2. The van der Waals surface area contributed by atoms with Crippen LogP contribution in [-0.2, 0) is 4.79 Å². The number of amides is 3. The number of aliphatic hydroxyl groups is 1. The van der Waals surface area contributed by atoms with Crippen molar-refractivity contribution in [3.8, 4) is 6.07 Å². The number of hydrogen-bond acceptors (Lipinski definition) is 5. The molecular weight excluding hydrogens is 442 g/mol. The topological polar surface area (TPSA) is 102 Å². The standard InChI is InChI=1S/C25H24ClN3O4/c1-25(2,14-27)21-11-10-19(15-6-5-7-16(26)12-15)28(21)24(33)20(13-30)29-22(31)17-8-3-4-9-18(17)23(29)32/h3-9,12,19-21,30H,10-11,13H2,1-2H3/t19-,20?,21+/m0/s1. The first-order valence-electron chi connectivity index (χ1n) is 10.8. The number of nitrogens with zero attached hydrogens (tertiary/aromatic N) is 3. The number of aliphatic hydroxyl groups excluding tert-OH is 1. The number of fused-ring (bicyclic) bond motifs is 1. The monoisotopic (exact) mass is 465 g/mol. The van der Waals surface area contributed by atoms with Gasteiger partial charge in [0.15, 0.2) is 0 Å². The van der Waals surface area contributed by atoms with Gasteiger partial charge in [-0.2, -0.15) is 5.26 Å². The third kappa shape index (κ3) is 3.79. The van der Waals surface area contributed by atoms with Gasteiger partial charge in [-0.05, 0) is 56.5 Å². The van der Waals surface area contributed by atoms with E-state index in [1.165, 1.54) is 12.1 Å². The van der Waals surface area contributed by atoms with Gasteiger partial charge in [0.1, 0.15) is 6.04 Å². The molecule has 8 heteroatoms. The van der Waals surface area contributed by atoms with Crippen molar-refractivity contribution < 1.29 is 19.5 Å². The number of likely N-dealkylation sites (tertiary alicyclic amines) is 1. The molecule has 1 saturated heterocycles. The first-order chi connectivity index (χ1) is 15.7. The molecule has 7 nitrogen and oxygen atoms in total. The van der Waals surface area contributed by atoms with Gasteiger partial charge in [0.05, 0.1) is 41.3 Å². The number of halogens is 1. The Morgan fingerprint density at radius 1 is 1.15 bits per heavy atom. The highest BCUT2D eigenvalue weighted by Crippen LogP contribution is 2.44. The van der Waals surface area contributed by atoms with E-state index < -0.39 is 47.9 Å². The number of imide groups is 1. The number of hydrogen-bond donors (Lipinski definition) is 1.